The second kappa shape index (κ2) is 4.56. The molecule has 0 unspecified atom stereocenters. The number of anilines is 1. The molecule has 1 fully saturated rings. The van der Waals surface area contributed by atoms with Crippen molar-refractivity contribution in [2.45, 2.75) is 37.9 Å². The van der Waals surface area contributed by atoms with Gasteiger partial charge in [0.15, 0.2) is 0 Å². The average Bonchev–Trinajstić information content (AvgIpc) is 2.81. The van der Waals surface area contributed by atoms with E-state index in [0.717, 1.165) is 35.3 Å². The van der Waals surface area contributed by atoms with Gasteiger partial charge >= 0.3 is 0 Å². The summed E-state index contributed by atoms with van der Waals surface area (Å²) in [6.45, 7) is 0. The van der Waals surface area contributed by atoms with Gasteiger partial charge in [-0.25, -0.2) is 14.4 Å². The summed E-state index contributed by atoms with van der Waals surface area (Å²) in [7, 11) is 0. The highest BCUT2D eigenvalue weighted by Crippen LogP contribution is 2.28. The number of thiophene rings is 1. The Morgan fingerprint density at radius 1 is 1.29 bits per heavy atom. The lowest BCUT2D eigenvalue weighted by Crippen LogP contribution is -2.33. The largest absolute Gasteiger partial charge is 0.364 e. The number of halogens is 1. The minimum Gasteiger partial charge on any atom is -0.364 e. The molecule has 2 heterocycles. The van der Waals surface area contributed by atoms with Crippen LogP contribution in [0.4, 0.5) is 10.2 Å². The summed E-state index contributed by atoms with van der Waals surface area (Å²) in [5.74, 6) is 0.769. The first-order chi connectivity index (χ1) is 8.34. The van der Waals surface area contributed by atoms with Gasteiger partial charge in [-0.15, -0.1) is 11.3 Å². The Kier molecular flexibility index (Phi) is 2.93. The summed E-state index contributed by atoms with van der Waals surface area (Å²) in [4.78, 5) is 9.37. The van der Waals surface area contributed by atoms with Gasteiger partial charge in [0.1, 0.15) is 23.1 Å². The van der Waals surface area contributed by atoms with Gasteiger partial charge in [-0.1, -0.05) is 12.8 Å². The Labute approximate surface area is 103 Å². The van der Waals surface area contributed by atoms with Crippen molar-refractivity contribution < 1.29 is 4.39 Å². The first-order valence-corrected chi connectivity index (χ1v) is 6.81. The van der Waals surface area contributed by atoms with Crippen molar-refractivity contribution in [3.63, 3.8) is 0 Å². The molecule has 1 saturated carbocycles. The molecule has 0 radical (unpaired) electrons. The van der Waals surface area contributed by atoms with Crippen molar-refractivity contribution in [1.29, 1.82) is 0 Å². The molecular weight excluding hydrogens is 237 g/mol. The number of nitrogens with zero attached hydrogens (tertiary/aromatic N) is 2. The second-order valence-corrected chi connectivity index (χ2v) is 5.31. The maximum atomic E-state index is 13.8. The average molecular weight is 251 g/mol. The van der Waals surface area contributed by atoms with Crippen LogP contribution in [0.2, 0.25) is 0 Å². The van der Waals surface area contributed by atoms with Crippen LogP contribution in [0.25, 0.3) is 10.2 Å². The van der Waals surface area contributed by atoms with Crippen molar-refractivity contribution >= 4 is 27.4 Å². The third kappa shape index (κ3) is 2.11. The van der Waals surface area contributed by atoms with Crippen LogP contribution in [-0.4, -0.2) is 22.2 Å². The van der Waals surface area contributed by atoms with Gasteiger partial charge in [-0.3, -0.25) is 0 Å². The summed E-state index contributed by atoms with van der Waals surface area (Å²) in [5.41, 5.74) is 0. The summed E-state index contributed by atoms with van der Waals surface area (Å²) in [6, 6.07) is 1.89. The Hall–Kier alpha value is -1.23. The van der Waals surface area contributed by atoms with Gasteiger partial charge in [0, 0.05) is 0 Å². The standard InChI is InChI=1S/C12H14FN3S/c13-9-3-1-2-4-10(9)16-11-8-5-6-17-12(8)15-7-14-11/h5-7,9-10H,1-4H2,(H,14,15,16)/t9-,10-/m1/s1. The van der Waals surface area contributed by atoms with E-state index in [1.165, 1.54) is 6.33 Å². The van der Waals surface area contributed by atoms with E-state index >= 15 is 0 Å². The molecule has 5 heteroatoms. The number of aromatic nitrogens is 2. The molecular formula is C12H14FN3S. The van der Waals surface area contributed by atoms with E-state index in [9.17, 15) is 4.39 Å². The minimum absolute atomic E-state index is 0.0956. The molecule has 2 atom stereocenters. The Balaban J connectivity index is 1.86. The monoisotopic (exact) mass is 251 g/mol. The molecule has 2 aromatic heterocycles. The van der Waals surface area contributed by atoms with Gasteiger partial charge < -0.3 is 5.32 Å². The van der Waals surface area contributed by atoms with Crippen LogP contribution in [0.3, 0.4) is 0 Å². The molecule has 1 N–H and O–H groups in total. The van der Waals surface area contributed by atoms with Gasteiger partial charge in [0.25, 0.3) is 0 Å². The van der Waals surface area contributed by atoms with Gasteiger partial charge in [-0.2, -0.15) is 0 Å². The topological polar surface area (TPSA) is 37.8 Å². The van der Waals surface area contributed by atoms with Crippen molar-refractivity contribution in [3.05, 3.63) is 17.8 Å². The number of nitrogens with one attached hydrogen (secondary N) is 1. The molecule has 0 aliphatic heterocycles. The van der Waals surface area contributed by atoms with Gasteiger partial charge in [-0.05, 0) is 24.3 Å². The van der Waals surface area contributed by atoms with Crippen LogP contribution in [0, 0.1) is 0 Å². The predicted octanol–water partition coefficient (Wildman–Crippen LogP) is 3.38. The first-order valence-electron chi connectivity index (χ1n) is 5.93. The molecule has 1 aliphatic carbocycles. The number of hydrogen-bond donors (Lipinski definition) is 1. The zero-order chi connectivity index (χ0) is 11.7. The fourth-order valence-corrected chi connectivity index (χ4v) is 3.06. The third-order valence-electron chi connectivity index (χ3n) is 3.27. The van der Waals surface area contributed by atoms with E-state index in [-0.39, 0.29) is 6.04 Å². The quantitative estimate of drug-likeness (QED) is 0.889. The number of fused-ring (bicyclic) bond motifs is 1. The van der Waals surface area contributed by atoms with Crippen molar-refractivity contribution in [2.24, 2.45) is 0 Å². The zero-order valence-corrected chi connectivity index (χ0v) is 10.2. The number of hydrogen-bond acceptors (Lipinski definition) is 4. The Bertz CT molecular complexity index is 513. The van der Waals surface area contributed by atoms with Gasteiger partial charge in [0.2, 0.25) is 0 Å². The van der Waals surface area contributed by atoms with Gasteiger partial charge in [0.05, 0.1) is 11.4 Å². The van der Waals surface area contributed by atoms with Crippen molar-refractivity contribution in [1.82, 2.24) is 9.97 Å². The lowest BCUT2D eigenvalue weighted by Gasteiger charge is -2.27. The molecule has 0 aromatic carbocycles. The fraction of sp³-hybridized carbons (Fsp3) is 0.500. The van der Waals surface area contributed by atoms with Crippen LogP contribution >= 0.6 is 11.3 Å². The first kappa shape index (κ1) is 10.9. The highest BCUT2D eigenvalue weighted by molar-refractivity contribution is 7.16. The molecule has 1 aliphatic rings. The van der Waals surface area contributed by atoms with E-state index in [1.807, 2.05) is 11.4 Å². The van der Waals surface area contributed by atoms with Crippen LogP contribution in [0.1, 0.15) is 25.7 Å². The van der Waals surface area contributed by atoms with Crippen LogP contribution in [-0.2, 0) is 0 Å². The van der Waals surface area contributed by atoms with Crippen molar-refractivity contribution in [3.8, 4) is 0 Å². The summed E-state index contributed by atoms with van der Waals surface area (Å²) in [5, 5.41) is 6.22. The predicted molar refractivity (Wildman–Crippen MR) is 68.2 cm³/mol. The summed E-state index contributed by atoms with van der Waals surface area (Å²) >= 11 is 1.58. The van der Waals surface area contributed by atoms with E-state index in [4.69, 9.17) is 0 Å². The van der Waals surface area contributed by atoms with E-state index < -0.39 is 6.17 Å². The maximum Gasteiger partial charge on any atom is 0.138 e. The number of rotatable bonds is 2. The summed E-state index contributed by atoms with van der Waals surface area (Å²) < 4.78 is 13.8. The molecule has 17 heavy (non-hydrogen) atoms. The highest BCUT2D eigenvalue weighted by atomic mass is 32.1. The van der Waals surface area contributed by atoms with Crippen molar-refractivity contribution in [2.75, 3.05) is 5.32 Å². The molecule has 90 valence electrons. The second-order valence-electron chi connectivity index (χ2n) is 4.41. The fourth-order valence-electron chi connectivity index (χ4n) is 2.33. The lowest BCUT2D eigenvalue weighted by atomic mass is 9.93. The third-order valence-corrected chi connectivity index (χ3v) is 4.09. The minimum atomic E-state index is -0.757. The highest BCUT2D eigenvalue weighted by Gasteiger charge is 2.25. The summed E-state index contributed by atoms with van der Waals surface area (Å²) in [6.07, 6.45) is 4.42. The smallest absolute Gasteiger partial charge is 0.138 e. The molecule has 0 saturated heterocycles. The van der Waals surface area contributed by atoms with Crippen LogP contribution in [0.15, 0.2) is 17.8 Å². The lowest BCUT2D eigenvalue weighted by molar-refractivity contribution is 0.229. The van der Waals surface area contributed by atoms with Crippen LogP contribution in [0.5, 0.6) is 0 Å². The van der Waals surface area contributed by atoms with E-state index in [2.05, 4.69) is 15.3 Å². The maximum absolute atomic E-state index is 13.8. The normalized spacial score (nSPS) is 25.0. The Morgan fingerprint density at radius 3 is 3.06 bits per heavy atom. The molecule has 0 bridgehead atoms. The molecule has 0 spiro atoms. The molecule has 3 nitrogen and oxygen atoms in total. The van der Waals surface area contributed by atoms with Crippen LogP contribution < -0.4 is 5.32 Å². The molecule has 2 aromatic rings. The van der Waals surface area contributed by atoms with E-state index in [0.29, 0.717) is 6.42 Å². The Morgan fingerprint density at radius 2 is 2.18 bits per heavy atom. The number of alkyl halides is 1. The molecule has 0 amide bonds. The molecule has 3 rings (SSSR count). The zero-order valence-electron chi connectivity index (χ0n) is 9.40. The van der Waals surface area contributed by atoms with E-state index in [1.54, 1.807) is 11.3 Å². The SMILES string of the molecule is F[C@@H]1CCCC[C@H]1Nc1ncnc2sccc12.